The van der Waals surface area contributed by atoms with E-state index in [1.165, 1.54) is 10.8 Å². The predicted molar refractivity (Wildman–Crippen MR) is 67.1 cm³/mol. The van der Waals surface area contributed by atoms with Crippen LogP contribution in [0.4, 0.5) is 0 Å². The summed E-state index contributed by atoms with van der Waals surface area (Å²) < 4.78 is 2.30. The van der Waals surface area contributed by atoms with Gasteiger partial charge in [-0.2, -0.15) is 0 Å². The summed E-state index contributed by atoms with van der Waals surface area (Å²) in [5.74, 6) is 0. The van der Waals surface area contributed by atoms with Crippen LogP contribution < -0.4 is 11.2 Å². The maximum absolute atomic E-state index is 11.5. The molecule has 0 radical (unpaired) electrons. The molecule has 1 N–H and O–H groups in total. The number of aromatic nitrogens is 3. The van der Waals surface area contributed by atoms with Gasteiger partial charge in [0.05, 0.1) is 12.2 Å². The van der Waals surface area contributed by atoms with E-state index >= 15 is 0 Å². The lowest BCUT2D eigenvalue weighted by Crippen LogP contribution is -2.31. The normalized spacial score (nSPS) is 10.5. The van der Waals surface area contributed by atoms with Crippen LogP contribution in [0.25, 0.3) is 0 Å². The van der Waals surface area contributed by atoms with Crippen LogP contribution in [0.5, 0.6) is 0 Å². The van der Waals surface area contributed by atoms with E-state index in [9.17, 15) is 9.59 Å². The topological polar surface area (TPSA) is 67.8 Å². The van der Waals surface area contributed by atoms with Gasteiger partial charge in [0.2, 0.25) is 0 Å². The molecule has 2 aromatic heterocycles. The molecule has 2 aromatic rings. The zero-order valence-corrected chi connectivity index (χ0v) is 10.7. The van der Waals surface area contributed by atoms with Crippen molar-refractivity contribution in [1.29, 1.82) is 0 Å². The lowest BCUT2D eigenvalue weighted by Gasteiger charge is -2.05. The van der Waals surface area contributed by atoms with Gasteiger partial charge in [-0.15, -0.1) is 0 Å². The first kappa shape index (κ1) is 11.8. The van der Waals surface area contributed by atoms with Crippen molar-refractivity contribution in [3.8, 4) is 0 Å². The van der Waals surface area contributed by atoms with Gasteiger partial charge in [-0.1, -0.05) is 0 Å². The van der Waals surface area contributed by atoms with Gasteiger partial charge >= 0.3 is 5.69 Å². The fourth-order valence-electron chi connectivity index (χ4n) is 1.41. The van der Waals surface area contributed by atoms with Gasteiger partial charge in [-0.25, -0.2) is 4.79 Å². The third-order valence-electron chi connectivity index (χ3n) is 2.31. The van der Waals surface area contributed by atoms with Crippen LogP contribution in [0.3, 0.4) is 0 Å². The van der Waals surface area contributed by atoms with Crippen molar-refractivity contribution in [3.63, 3.8) is 0 Å². The molecule has 0 aromatic carbocycles. The summed E-state index contributed by atoms with van der Waals surface area (Å²) in [4.78, 5) is 29.2. The molecule has 0 bridgehead atoms. The Labute approximate surface area is 105 Å². The summed E-state index contributed by atoms with van der Waals surface area (Å²) in [5.41, 5.74) is 0.476. The lowest BCUT2D eigenvalue weighted by molar-refractivity contribution is 0.699. The molecule has 0 saturated carbocycles. The lowest BCUT2D eigenvalue weighted by atomic mass is 10.3. The van der Waals surface area contributed by atoms with Gasteiger partial charge in [0, 0.05) is 22.4 Å². The zero-order valence-electron chi connectivity index (χ0n) is 9.11. The van der Waals surface area contributed by atoms with E-state index in [2.05, 4.69) is 25.9 Å². The molecular weight excluding hydrogens is 286 g/mol. The third kappa shape index (κ3) is 2.71. The van der Waals surface area contributed by atoms with E-state index in [-0.39, 0.29) is 5.56 Å². The zero-order chi connectivity index (χ0) is 12.4. The number of hydrogen-bond acceptors (Lipinski definition) is 3. The highest BCUT2D eigenvalue weighted by Gasteiger charge is 2.02. The van der Waals surface area contributed by atoms with E-state index in [4.69, 9.17) is 0 Å². The van der Waals surface area contributed by atoms with Gasteiger partial charge in [0.25, 0.3) is 5.56 Å². The van der Waals surface area contributed by atoms with Crippen LogP contribution in [0.1, 0.15) is 11.3 Å². The first-order chi connectivity index (χ1) is 8.06. The highest BCUT2D eigenvalue weighted by molar-refractivity contribution is 9.10. The van der Waals surface area contributed by atoms with Crippen molar-refractivity contribution >= 4 is 15.9 Å². The van der Waals surface area contributed by atoms with E-state index in [0.29, 0.717) is 12.1 Å². The van der Waals surface area contributed by atoms with Gasteiger partial charge in [0.1, 0.15) is 0 Å². The van der Waals surface area contributed by atoms with Crippen LogP contribution >= 0.6 is 15.9 Å². The monoisotopic (exact) mass is 295 g/mol. The molecule has 2 heterocycles. The van der Waals surface area contributed by atoms with Crippen LogP contribution in [0.2, 0.25) is 0 Å². The number of aromatic amines is 1. The minimum Gasteiger partial charge on any atom is -0.294 e. The average molecular weight is 296 g/mol. The Morgan fingerprint density at radius 2 is 2.18 bits per heavy atom. The van der Waals surface area contributed by atoms with Crippen molar-refractivity contribution in [3.05, 3.63) is 61.1 Å². The molecule has 0 saturated heterocycles. The van der Waals surface area contributed by atoms with Crippen LogP contribution in [0.15, 0.2) is 38.6 Å². The summed E-state index contributed by atoms with van der Waals surface area (Å²) >= 11 is 3.29. The molecule has 0 aliphatic heterocycles. The van der Waals surface area contributed by atoms with Gasteiger partial charge in [0.15, 0.2) is 0 Å². The number of nitrogens with zero attached hydrogens (tertiary/aromatic N) is 2. The molecule has 0 unspecified atom stereocenters. The molecule has 5 nitrogen and oxygen atoms in total. The molecule has 0 fully saturated rings. The number of aryl methyl sites for hydroxylation is 1. The summed E-state index contributed by atoms with van der Waals surface area (Å²) in [6.45, 7) is 1.99. The Kier molecular flexibility index (Phi) is 3.23. The molecule has 0 amide bonds. The second-order valence-corrected chi connectivity index (χ2v) is 4.58. The molecule has 0 aliphatic rings. The van der Waals surface area contributed by atoms with Crippen LogP contribution in [0, 0.1) is 6.92 Å². The number of nitrogens with one attached hydrogen (secondary N) is 1. The van der Waals surface area contributed by atoms with E-state index in [1.54, 1.807) is 13.1 Å². The summed E-state index contributed by atoms with van der Waals surface area (Å²) in [5, 5.41) is 0. The SMILES string of the molecule is Cc1cn(Cc2ccc(Br)cn2)c(=O)[nH]c1=O. The molecule has 17 heavy (non-hydrogen) atoms. The Hall–Kier alpha value is -1.69. The molecule has 6 heteroatoms. The summed E-state index contributed by atoms with van der Waals surface area (Å²) in [6, 6.07) is 3.67. The van der Waals surface area contributed by atoms with E-state index in [0.717, 1.165) is 10.2 Å². The Morgan fingerprint density at radius 3 is 2.82 bits per heavy atom. The second-order valence-electron chi connectivity index (χ2n) is 3.67. The number of pyridine rings is 1. The minimum atomic E-state index is -0.426. The minimum absolute atomic E-state index is 0.337. The van der Waals surface area contributed by atoms with Gasteiger partial charge < -0.3 is 0 Å². The molecule has 2 rings (SSSR count). The fourth-order valence-corrected chi connectivity index (χ4v) is 1.65. The second kappa shape index (κ2) is 4.67. The maximum Gasteiger partial charge on any atom is 0.328 e. The Bertz CT molecular complexity index is 643. The first-order valence-corrected chi connectivity index (χ1v) is 5.76. The number of halogens is 1. The van der Waals surface area contributed by atoms with Crippen molar-refractivity contribution in [2.75, 3.05) is 0 Å². The van der Waals surface area contributed by atoms with Crippen molar-refractivity contribution in [2.24, 2.45) is 0 Å². The van der Waals surface area contributed by atoms with Crippen molar-refractivity contribution in [2.45, 2.75) is 13.5 Å². The largest absolute Gasteiger partial charge is 0.328 e. The van der Waals surface area contributed by atoms with Crippen molar-refractivity contribution in [1.82, 2.24) is 14.5 Å². The van der Waals surface area contributed by atoms with Crippen molar-refractivity contribution < 1.29 is 0 Å². The molecule has 88 valence electrons. The Morgan fingerprint density at radius 1 is 1.41 bits per heavy atom. The van der Waals surface area contributed by atoms with Gasteiger partial charge in [-0.05, 0) is 35.0 Å². The quantitative estimate of drug-likeness (QED) is 0.900. The first-order valence-electron chi connectivity index (χ1n) is 4.97. The van der Waals surface area contributed by atoms with Gasteiger partial charge in [-0.3, -0.25) is 19.3 Å². The Balaban J connectivity index is 2.36. The highest BCUT2D eigenvalue weighted by Crippen LogP contribution is 2.07. The summed E-state index contributed by atoms with van der Waals surface area (Å²) in [6.07, 6.45) is 3.20. The molecular formula is C11H10BrN3O2. The molecule has 0 spiro atoms. The molecule has 0 aliphatic carbocycles. The highest BCUT2D eigenvalue weighted by atomic mass is 79.9. The van der Waals surface area contributed by atoms with Crippen LogP contribution in [-0.4, -0.2) is 14.5 Å². The number of rotatable bonds is 2. The average Bonchev–Trinajstić information content (AvgIpc) is 2.29. The standard InChI is InChI=1S/C11H10BrN3O2/c1-7-5-15(11(17)14-10(7)16)6-9-3-2-8(12)4-13-9/h2-5H,6H2,1H3,(H,14,16,17). The van der Waals surface area contributed by atoms with E-state index < -0.39 is 5.69 Å². The summed E-state index contributed by atoms with van der Waals surface area (Å²) in [7, 11) is 0. The van der Waals surface area contributed by atoms with Crippen LogP contribution in [-0.2, 0) is 6.54 Å². The smallest absolute Gasteiger partial charge is 0.294 e. The number of H-pyrrole nitrogens is 1. The number of hydrogen-bond donors (Lipinski definition) is 1. The third-order valence-corrected chi connectivity index (χ3v) is 2.78. The van der Waals surface area contributed by atoms with E-state index in [1.807, 2.05) is 12.1 Å². The fraction of sp³-hybridized carbons (Fsp3) is 0.182. The molecule has 0 atom stereocenters. The predicted octanol–water partition coefficient (Wildman–Crippen LogP) is 1.05. The maximum atomic E-state index is 11.5.